The first-order valence-corrected chi connectivity index (χ1v) is 11.3. The highest BCUT2D eigenvalue weighted by Crippen LogP contribution is 2.35. The third kappa shape index (κ3) is 5.97. The van der Waals surface area contributed by atoms with Crippen molar-refractivity contribution >= 4 is 17.0 Å². The predicted octanol–water partition coefficient (Wildman–Crippen LogP) is 8.27. The Kier molecular flexibility index (Phi) is 8.60. The molecule has 0 N–H and O–H groups in total. The van der Waals surface area contributed by atoms with Gasteiger partial charge in [-0.2, -0.15) is 5.10 Å². The van der Waals surface area contributed by atoms with Crippen LogP contribution >= 0.6 is 0 Å². The quantitative estimate of drug-likeness (QED) is 0.224. The van der Waals surface area contributed by atoms with Crippen LogP contribution in [0.15, 0.2) is 96.2 Å². The maximum atomic E-state index is 4.74. The summed E-state index contributed by atoms with van der Waals surface area (Å²) in [5, 5.41) is 6.63. The summed E-state index contributed by atoms with van der Waals surface area (Å²) in [5.41, 5.74) is 9.18. The van der Waals surface area contributed by atoms with E-state index in [-0.39, 0.29) is 5.41 Å². The zero-order valence-corrected chi connectivity index (χ0v) is 20.9. The number of rotatable bonds is 9. The summed E-state index contributed by atoms with van der Waals surface area (Å²) in [5.74, 6) is 0. The van der Waals surface area contributed by atoms with Gasteiger partial charge in [-0.05, 0) is 67.2 Å². The number of allylic oxidation sites excluding steroid dienone is 6. The summed E-state index contributed by atoms with van der Waals surface area (Å²) in [6, 6.07) is 16.8. The summed E-state index contributed by atoms with van der Waals surface area (Å²) in [4.78, 5) is 0. The summed E-state index contributed by atoms with van der Waals surface area (Å²) >= 11 is 0. The van der Waals surface area contributed by atoms with Gasteiger partial charge in [0.25, 0.3) is 0 Å². The molecule has 168 valence electrons. The number of para-hydroxylation sites is 1. The molecule has 32 heavy (non-hydrogen) atoms. The largest absolute Gasteiger partial charge is 0.268 e. The molecule has 0 fully saturated rings. The molecule has 0 aliphatic carbocycles. The first-order chi connectivity index (χ1) is 15.1. The smallest absolute Gasteiger partial charge is 0.0650 e. The van der Waals surface area contributed by atoms with Crippen LogP contribution in [0.1, 0.15) is 57.7 Å². The van der Waals surface area contributed by atoms with Gasteiger partial charge in [0.15, 0.2) is 0 Å². The third-order valence-corrected chi connectivity index (χ3v) is 6.31. The molecule has 0 atom stereocenters. The van der Waals surface area contributed by atoms with Crippen LogP contribution in [0.5, 0.6) is 0 Å². The Morgan fingerprint density at radius 2 is 1.72 bits per heavy atom. The second-order valence-electron chi connectivity index (χ2n) is 8.83. The minimum absolute atomic E-state index is 0.108. The molecule has 2 rings (SSSR count). The molecule has 0 unspecified atom stereocenters. The van der Waals surface area contributed by atoms with Crippen LogP contribution in [-0.2, 0) is 5.41 Å². The van der Waals surface area contributed by atoms with Gasteiger partial charge in [0.05, 0.1) is 11.4 Å². The zero-order valence-electron chi connectivity index (χ0n) is 20.9. The van der Waals surface area contributed by atoms with Crippen molar-refractivity contribution in [1.29, 1.82) is 0 Å². The van der Waals surface area contributed by atoms with Gasteiger partial charge in [-0.25, -0.2) is 0 Å². The molecule has 0 saturated heterocycles. The van der Waals surface area contributed by atoms with E-state index in [1.807, 2.05) is 55.4 Å². The second kappa shape index (κ2) is 10.9. The molecule has 0 heterocycles. The minimum atomic E-state index is -0.108. The van der Waals surface area contributed by atoms with E-state index in [2.05, 4.69) is 78.1 Å². The molecule has 0 saturated carbocycles. The molecule has 2 aromatic carbocycles. The summed E-state index contributed by atoms with van der Waals surface area (Å²) in [6.07, 6.45) is 7.13. The van der Waals surface area contributed by atoms with E-state index in [0.29, 0.717) is 0 Å². The number of benzene rings is 2. The Bertz CT molecular complexity index is 1050. The number of anilines is 1. The van der Waals surface area contributed by atoms with Crippen LogP contribution in [0.3, 0.4) is 0 Å². The number of aryl methyl sites for hydroxylation is 1. The minimum Gasteiger partial charge on any atom is -0.268 e. The van der Waals surface area contributed by atoms with Crippen molar-refractivity contribution in [3.63, 3.8) is 0 Å². The average Bonchev–Trinajstić information content (AvgIpc) is 2.79. The zero-order chi connectivity index (χ0) is 23.9. The predicted molar refractivity (Wildman–Crippen MR) is 144 cm³/mol. The van der Waals surface area contributed by atoms with E-state index in [1.165, 1.54) is 27.8 Å². The molecule has 2 heteroatoms. The maximum Gasteiger partial charge on any atom is 0.0650 e. The Labute approximate surface area is 195 Å². The topological polar surface area (TPSA) is 15.6 Å². The van der Waals surface area contributed by atoms with Crippen molar-refractivity contribution in [2.24, 2.45) is 5.10 Å². The van der Waals surface area contributed by atoms with E-state index in [0.717, 1.165) is 23.4 Å². The van der Waals surface area contributed by atoms with E-state index in [9.17, 15) is 0 Å². The maximum absolute atomic E-state index is 4.74. The molecular weight excluding hydrogens is 388 g/mol. The van der Waals surface area contributed by atoms with Gasteiger partial charge in [-0.1, -0.05) is 94.1 Å². The van der Waals surface area contributed by atoms with E-state index in [1.54, 1.807) is 0 Å². The number of hydrogen-bond donors (Lipinski definition) is 0. The highest BCUT2D eigenvalue weighted by Gasteiger charge is 2.24. The molecule has 0 bridgehead atoms. The van der Waals surface area contributed by atoms with Crippen molar-refractivity contribution in [3.8, 4) is 0 Å². The number of hydrazone groups is 1. The van der Waals surface area contributed by atoms with Gasteiger partial charge in [0.2, 0.25) is 0 Å². The van der Waals surface area contributed by atoms with Crippen molar-refractivity contribution < 1.29 is 0 Å². The fraction of sp³-hybridized carbons (Fsp3) is 0.300. The van der Waals surface area contributed by atoms with Gasteiger partial charge in [0, 0.05) is 12.5 Å². The Morgan fingerprint density at radius 1 is 1.06 bits per heavy atom. The van der Waals surface area contributed by atoms with Crippen molar-refractivity contribution in [2.75, 3.05) is 12.1 Å². The van der Waals surface area contributed by atoms with Gasteiger partial charge in [-0.15, -0.1) is 0 Å². The lowest BCUT2D eigenvalue weighted by atomic mass is 9.75. The van der Waals surface area contributed by atoms with Crippen LogP contribution in [-0.4, -0.2) is 12.8 Å². The highest BCUT2D eigenvalue weighted by atomic mass is 15.4. The summed E-state index contributed by atoms with van der Waals surface area (Å²) in [7, 11) is 1.96. The van der Waals surface area contributed by atoms with Crippen LogP contribution in [0.25, 0.3) is 5.57 Å². The first-order valence-electron chi connectivity index (χ1n) is 11.3. The van der Waals surface area contributed by atoms with E-state index >= 15 is 0 Å². The van der Waals surface area contributed by atoms with Crippen molar-refractivity contribution in [1.82, 2.24) is 0 Å². The molecule has 0 radical (unpaired) electrons. The molecule has 2 aromatic rings. The Morgan fingerprint density at radius 3 is 2.31 bits per heavy atom. The van der Waals surface area contributed by atoms with Crippen LogP contribution < -0.4 is 5.01 Å². The highest BCUT2D eigenvalue weighted by molar-refractivity contribution is 6.01. The summed E-state index contributed by atoms with van der Waals surface area (Å²) in [6.45, 7) is 21.3. The van der Waals surface area contributed by atoms with Crippen molar-refractivity contribution in [2.45, 2.75) is 53.4 Å². The SMILES string of the molecule is C=CC(=C\C=C(\C)C(C)(C)c1cc(C(=C)CC)ccc1C)/C(C)=N\N(C)c1ccccc1. The van der Waals surface area contributed by atoms with Gasteiger partial charge >= 0.3 is 0 Å². The van der Waals surface area contributed by atoms with Gasteiger partial charge < -0.3 is 0 Å². The normalized spacial score (nSPS) is 13.2. The molecular formula is C30H38N2. The van der Waals surface area contributed by atoms with Crippen molar-refractivity contribution in [3.05, 3.63) is 108 Å². The molecule has 0 amide bonds. The average molecular weight is 427 g/mol. The fourth-order valence-electron chi connectivity index (χ4n) is 3.68. The van der Waals surface area contributed by atoms with Crippen LogP contribution in [0.2, 0.25) is 0 Å². The fourth-order valence-corrected chi connectivity index (χ4v) is 3.68. The standard InChI is InChI=1S/C30H38N2/c1-10-22(3)27-19-17-23(4)29(21-27)30(7,8)24(5)18-20-26(11-2)25(6)31-32(9)28-15-13-12-14-16-28/h11-21H,2-3,10H2,1,4-9H3/b24-18-,26-20+,31-25-. The number of nitrogens with zero attached hydrogens (tertiary/aromatic N) is 2. The first kappa shape index (κ1) is 25.1. The van der Waals surface area contributed by atoms with Crippen LogP contribution in [0, 0.1) is 6.92 Å². The molecule has 0 aromatic heterocycles. The monoisotopic (exact) mass is 426 g/mol. The van der Waals surface area contributed by atoms with Gasteiger partial charge in [0.1, 0.15) is 0 Å². The Hall–Kier alpha value is -3.13. The number of hydrogen-bond acceptors (Lipinski definition) is 2. The lowest BCUT2D eigenvalue weighted by Crippen LogP contribution is -2.20. The van der Waals surface area contributed by atoms with Gasteiger partial charge in [-0.3, -0.25) is 5.01 Å². The lowest BCUT2D eigenvalue weighted by Gasteiger charge is -2.29. The van der Waals surface area contributed by atoms with Crippen LogP contribution in [0.4, 0.5) is 5.69 Å². The van der Waals surface area contributed by atoms with E-state index in [4.69, 9.17) is 5.10 Å². The Balaban J connectivity index is 2.36. The lowest BCUT2D eigenvalue weighted by molar-refractivity contribution is 0.619. The summed E-state index contributed by atoms with van der Waals surface area (Å²) < 4.78 is 0. The van der Waals surface area contributed by atoms with E-state index < -0.39 is 0 Å². The second-order valence-corrected chi connectivity index (χ2v) is 8.83. The molecule has 2 nitrogen and oxygen atoms in total. The third-order valence-electron chi connectivity index (χ3n) is 6.31. The molecule has 0 aliphatic rings. The molecule has 0 spiro atoms. The molecule has 0 aliphatic heterocycles.